The molecule has 1 aliphatic carbocycles. The van der Waals surface area contributed by atoms with E-state index in [1.165, 1.54) is 0 Å². The van der Waals surface area contributed by atoms with Gasteiger partial charge in [0.05, 0.1) is 12.5 Å². The summed E-state index contributed by atoms with van der Waals surface area (Å²) >= 11 is 0. The maximum atomic E-state index is 13.0. The lowest BCUT2D eigenvalue weighted by molar-refractivity contribution is 0.00556. The second kappa shape index (κ2) is 5.34. The molecule has 2 nitrogen and oxygen atoms in total. The number of hydrogen-bond acceptors (Lipinski definition) is 2. The Balaban J connectivity index is 1.82. The van der Waals surface area contributed by atoms with Crippen molar-refractivity contribution in [1.82, 2.24) is 0 Å². The van der Waals surface area contributed by atoms with Crippen LogP contribution in [0.2, 0.25) is 0 Å². The minimum Gasteiger partial charge on any atom is -0.385 e. The third-order valence-corrected chi connectivity index (χ3v) is 3.34. The molecule has 1 unspecified atom stereocenters. The van der Waals surface area contributed by atoms with Crippen LogP contribution in [0.25, 0.3) is 0 Å². The highest BCUT2D eigenvalue weighted by molar-refractivity contribution is 5.45. The van der Waals surface area contributed by atoms with Crippen LogP contribution in [-0.2, 0) is 6.42 Å². The zero-order chi connectivity index (χ0) is 13.0. The summed E-state index contributed by atoms with van der Waals surface area (Å²) in [5, 5.41) is 11.7. The Morgan fingerprint density at radius 3 is 2.61 bits per heavy atom. The van der Waals surface area contributed by atoms with E-state index in [2.05, 4.69) is 11.4 Å². The zero-order valence-electron chi connectivity index (χ0n) is 10.1. The number of benzene rings is 1. The lowest BCUT2D eigenvalue weighted by atomic mass is 10.1. The largest absolute Gasteiger partial charge is 0.385 e. The predicted molar refractivity (Wildman–Crippen MR) is 66.5 cm³/mol. The van der Waals surface area contributed by atoms with Crippen molar-refractivity contribution < 1.29 is 8.78 Å². The highest BCUT2D eigenvalue weighted by Crippen LogP contribution is 2.38. The molecule has 0 saturated heterocycles. The van der Waals surface area contributed by atoms with Crippen molar-refractivity contribution in [1.29, 1.82) is 5.26 Å². The van der Waals surface area contributed by atoms with Gasteiger partial charge in [-0.25, -0.2) is 8.78 Å². The molecule has 1 aliphatic rings. The van der Waals surface area contributed by atoms with Gasteiger partial charge in [-0.1, -0.05) is 12.1 Å². The number of halogens is 2. The highest BCUT2D eigenvalue weighted by atomic mass is 19.3. The summed E-state index contributed by atoms with van der Waals surface area (Å²) in [4.78, 5) is 0. The van der Waals surface area contributed by atoms with Gasteiger partial charge in [0.25, 0.3) is 0 Å². The van der Waals surface area contributed by atoms with Crippen LogP contribution in [0.5, 0.6) is 0 Å². The molecule has 1 aromatic rings. The van der Waals surface area contributed by atoms with E-state index < -0.39 is 5.92 Å². The number of rotatable bonds is 4. The number of nitriles is 1. The fraction of sp³-hybridized carbons (Fsp3) is 0.500. The SMILES string of the molecule is N#CCc1ccc(NCC2CCC(F)(F)C2)cc1. The number of alkyl halides is 2. The first-order valence-corrected chi connectivity index (χ1v) is 6.17. The molecule has 0 amide bonds. The molecule has 1 aromatic carbocycles. The minimum atomic E-state index is -2.47. The minimum absolute atomic E-state index is 0.00742. The summed E-state index contributed by atoms with van der Waals surface area (Å²) in [6.45, 7) is 0.590. The van der Waals surface area contributed by atoms with Gasteiger partial charge in [-0.3, -0.25) is 0 Å². The Morgan fingerprint density at radius 1 is 1.33 bits per heavy atom. The molecular formula is C14H16F2N2. The van der Waals surface area contributed by atoms with Crippen molar-refractivity contribution in [3.8, 4) is 6.07 Å². The van der Waals surface area contributed by atoms with Crippen LogP contribution in [0.15, 0.2) is 24.3 Å². The van der Waals surface area contributed by atoms with Gasteiger partial charge in [-0.05, 0) is 30.0 Å². The zero-order valence-corrected chi connectivity index (χ0v) is 10.1. The normalized spacial score (nSPS) is 21.5. The molecule has 0 spiro atoms. The third-order valence-electron chi connectivity index (χ3n) is 3.34. The van der Waals surface area contributed by atoms with Crippen molar-refractivity contribution in [2.24, 2.45) is 5.92 Å². The second-order valence-corrected chi connectivity index (χ2v) is 4.88. The standard InChI is InChI=1S/C14H16F2N2/c15-14(16)7-5-12(9-14)10-18-13-3-1-11(2-4-13)6-8-17/h1-4,12,18H,5-7,9-10H2. The molecule has 96 valence electrons. The monoisotopic (exact) mass is 250 g/mol. The van der Waals surface area contributed by atoms with Gasteiger partial charge in [0.15, 0.2) is 0 Å². The van der Waals surface area contributed by atoms with Crippen LogP contribution in [0.4, 0.5) is 14.5 Å². The third kappa shape index (κ3) is 3.43. The van der Waals surface area contributed by atoms with Crippen LogP contribution >= 0.6 is 0 Å². The van der Waals surface area contributed by atoms with Crippen LogP contribution < -0.4 is 5.32 Å². The molecule has 0 aromatic heterocycles. The number of anilines is 1. The maximum Gasteiger partial charge on any atom is 0.248 e. The van der Waals surface area contributed by atoms with Crippen LogP contribution in [-0.4, -0.2) is 12.5 Å². The van der Waals surface area contributed by atoms with Crippen LogP contribution in [0.1, 0.15) is 24.8 Å². The van der Waals surface area contributed by atoms with Crippen molar-refractivity contribution in [2.75, 3.05) is 11.9 Å². The smallest absolute Gasteiger partial charge is 0.248 e. The summed E-state index contributed by atoms with van der Waals surface area (Å²) in [6.07, 6.45) is 0.995. The fourth-order valence-corrected chi connectivity index (χ4v) is 2.31. The summed E-state index contributed by atoms with van der Waals surface area (Å²) in [7, 11) is 0. The van der Waals surface area contributed by atoms with Gasteiger partial charge < -0.3 is 5.32 Å². The molecule has 0 aliphatic heterocycles. The van der Waals surface area contributed by atoms with E-state index in [4.69, 9.17) is 5.26 Å². The number of hydrogen-bond donors (Lipinski definition) is 1. The summed E-state index contributed by atoms with van der Waals surface area (Å²) in [5.74, 6) is -2.41. The van der Waals surface area contributed by atoms with Crippen LogP contribution in [0.3, 0.4) is 0 Å². The first-order valence-electron chi connectivity index (χ1n) is 6.17. The lowest BCUT2D eigenvalue weighted by Crippen LogP contribution is -2.15. The highest BCUT2D eigenvalue weighted by Gasteiger charge is 2.38. The van der Waals surface area contributed by atoms with Gasteiger partial charge >= 0.3 is 0 Å². The Hall–Kier alpha value is -1.63. The Kier molecular flexibility index (Phi) is 3.81. The maximum absolute atomic E-state index is 13.0. The van der Waals surface area contributed by atoms with E-state index in [0.717, 1.165) is 11.3 Å². The Morgan fingerprint density at radius 2 is 2.06 bits per heavy atom. The van der Waals surface area contributed by atoms with E-state index in [1.54, 1.807) is 0 Å². The first-order chi connectivity index (χ1) is 8.59. The van der Waals surface area contributed by atoms with Gasteiger partial charge in [-0.15, -0.1) is 0 Å². The molecule has 1 saturated carbocycles. The predicted octanol–water partition coefficient (Wildman–Crippen LogP) is 3.60. The second-order valence-electron chi connectivity index (χ2n) is 4.88. The molecule has 1 N–H and O–H groups in total. The molecule has 0 radical (unpaired) electrons. The molecule has 4 heteroatoms. The molecule has 18 heavy (non-hydrogen) atoms. The Bertz CT molecular complexity index is 434. The molecular weight excluding hydrogens is 234 g/mol. The topological polar surface area (TPSA) is 35.8 Å². The molecule has 0 heterocycles. The first kappa shape index (κ1) is 12.8. The summed E-state index contributed by atoms with van der Waals surface area (Å²) in [5.41, 5.74) is 1.89. The van der Waals surface area contributed by atoms with Gasteiger partial charge in [0.2, 0.25) is 5.92 Å². The lowest BCUT2D eigenvalue weighted by Gasteiger charge is -2.13. The average molecular weight is 250 g/mol. The van der Waals surface area contributed by atoms with Crippen molar-refractivity contribution in [3.05, 3.63) is 29.8 Å². The number of nitrogens with zero attached hydrogens (tertiary/aromatic N) is 1. The van der Waals surface area contributed by atoms with Gasteiger partial charge in [-0.2, -0.15) is 5.26 Å². The van der Waals surface area contributed by atoms with Crippen molar-refractivity contribution in [3.63, 3.8) is 0 Å². The van der Waals surface area contributed by atoms with Crippen molar-refractivity contribution >= 4 is 5.69 Å². The molecule has 1 fully saturated rings. The fourth-order valence-electron chi connectivity index (χ4n) is 2.31. The van der Waals surface area contributed by atoms with Crippen molar-refractivity contribution in [2.45, 2.75) is 31.6 Å². The summed E-state index contributed by atoms with van der Waals surface area (Å²) < 4.78 is 26.0. The number of nitrogens with one attached hydrogen (secondary N) is 1. The van der Waals surface area contributed by atoms with E-state index in [1.807, 2.05) is 24.3 Å². The molecule has 1 atom stereocenters. The van der Waals surface area contributed by atoms with E-state index in [0.29, 0.717) is 19.4 Å². The van der Waals surface area contributed by atoms with Gasteiger partial charge in [0.1, 0.15) is 0 Å². The van der Waals surface area contributed by atoms with E-state index in [9.17, 15) is 8.78 Å². The summed E-state index contributed by atoms with van der Waals surface area (Å²) in [6, 6.07) is 9.63. The van der Waals surface area contributed by atoms with E-state index >= 15 is 0 Å². The molecule has 2 rings (SSSR count). The quantitative estimate of drug-likeness (QED) is 0.886. The average Bonchev–Trinajstić information content (AvgIpc) is 2.69. The van der Waals surface area contributed by atoms with Gasteiger partial charge in [0, 0.05) is 25.1 Å². The Labute approximate surface area is 106 Å². The molecule has 0 bridgehead atoms. The van der Waals surface area contributed by atoms with Crippen LogP contribution in [0, 0.1) is 17.2 Å². The van der Waals surface area contributed by atoms with E-state index in [-0.39, 0.29) is 18.8 Å².